The van der Waals surface area contributed by atoms with E-state index in [2.05, 4.69) is 24.2 Å². The third kappa shape index (κ3) is 4.49. The van der Waals surface area contributed by atoms with Gasteiger partial charge in [0.05, 0.1) is 6.10 Å². The minimum absolute atomic E-state index is 0.0946. The Balaban J connectivity index is 2.16. The number of likely N-dealkylation sites (N-methyl/N-ethyl adjacent to an activating group) is 1. The van der Waals surface area contributed by atoms with E-state index >= 15 is 0 Å². The van der Waals surface area contributed by atoms with Gasteiger partial charge in [0.25, 0.3) is 0 Å². The summed E-state index contributed by atoms with van der Waals surface area (Å²) < 4.78 is 0. The van der Waals surface area contributed by atoms with E-state index in [4.69, 9.17) is 0 Å². The van der Waals surface area contributed by atoms with Crippen molar-refractivity contribution in [1.82, 2.24) is 10.2 Å². The van der Waals surface area contributed by atoms with Crippen LogP contribution in [-0.2, 0) is 0 Å². The van der Waals surface area contributed by atoms with Gasteiger partial charge in [0.15, 0.2) is 0 Å². The van der Waals surface area contributed by atoms with E-state index in [1.54, 1.807) is 0 Å². The van der Waals surface area contributed by atoms with Gasteiger partial charge in [0.2, 0.25) is 0 Å². The highest BCUT2D eigenvalue weighted by Crippen LogP contribution is 2.22. The Hall–Kier alpha value is -0.120. The molecule has 0 bridgehead atoms. The fourth-order valence-corrected chi connectivity index (χ4v) is 2.40. The van der Waals surface area contributed by atoms with Crippen LogP contribution < -0.4 is 5.32 Å². The van der Waals surface area contributed by atoms with E-state index in [9.17, 15) is 5.11 Å². The van der Waals surface area contributed by atoms with Gasteiger partial charge in [-0.2, -0.15) is 0 Å². The van der Waals surface area contributed by atoms with Crippen molar-refractivity contribution >= 4 is 0 Å². The monoisotopic (exact) mass is 214 g/mol. The topological polar surface area (TPSA) is 35.5 Å². The second-order valence-corrected chi connectivity index (χ2v) is 4.61. The Morgan fingerprint density at radius 2 is 2.07 bits per heavy atom. The predicted molar refractivity (Wildman–Crippen MR) is 64.1 cm³/mol. The average Bonchev–Trinajstić information content (AvgIpc) is 2.25. The summed E-state index contributed by atoms with van der Waals surface area (Å²) in [6.07, 6.45) is 5.71. The van der Waals surface area contributed by atoms with Crippen molar-refractivity contribution in [1.29, 1.82) is 0 Å². The van der Waals surface area contributed by atoms with Crippen LogP contribution in [-0.4, -0.2) is 48.8 Å². The first-order chi connectivity index (χ1) is 7.25. The summed E-state index contributed by atoms with van der Waals surface area (Å²) in [5.74, 6) is 0. The molecule has 0 radical (unpaired) electrons. The molecule has 0 spiro atoms. The zero-order valence-corrected chi connectivity index (χ0v) is 10.2. The molecule has 0 aromatic carbocycles. The fraction of sp³-hybridized carbons (Fsp3) is 1.00. The van der Waals surface area contributed by atoms with Crippen molar-refractivity contribution < 1.29 is 5.11 Å². The van der Waals surface area contributed by atoms with Crippen molar-refractivity contribution in [3.8, 4) is 0 Å². The van der Waals surface area contributed by atoms with Gasteiger partial charge in [-0.25, -0.2) is 0 Å². The minimum Gasteiger partial charge on any atom is -0.391 e. The van der Waals surface area contributed by atoms with Crippen LogP contribution in [0.25, 0.3) is 0 Å². The van der Waals surface area contributed by atoms with Crippen LogP contribution in [0.3, 0.4) is 0 Å². The lowest BCUT2D eigenvalue weighted by Crippen LogP contribution is -2.44. The lowest BCUT2D eigenvalue weighted by Gasteiger charge is -2.35. The third-order valence-electron chi connectivity index (χ3n) is 3.37. The van der Waals surface area contributed by atoms with E-state index < -0.39 is 0 Å². The summed E-state index contributed by atoms with van der Waals surface area (Å²) in [6, 6.07) is 0.403. The number of hydrogen-bond acceptors (Lipinski definition) is 3. The molecule has 0 amide bonds. The fourth-order valence-electron chi connectivity index (χ4n) is 2.40. The molecule has 3 nitrogen and oxygen atoms in total. The molecule has 0 saturated heterocycles. The Bertz CT molecular complexity index is 164. The molecule has 1 aliphatic rings. The van der Waals surface area contributed by atoms with Gasteiger partial charge < -0.3 is 15.3 Å². The maximum Gasteiger partial charge on any atom is 0.0695 e. The summed E-state index contributed by atoms with van der Waals surface area (Å²) in [4.78, 5) is 2.33. The highest BCUT2D eigenvalue weighted by atomic mass is 16.3. The van der Waals surface area contributed by atoms with Crippen LogP contribution in [0.1, 0.15) is 39.0 Å². The number of aliphatic hydroxyl groups excluding tert-OH is 1. The first-order valence-electron chi connectivity index (χ1n) is 6.34. The summed E-state index contributed by atoms with van der Waals surface area (Å²) in [7, 11) is 2.14. The summed E-state index contributed by atoms with van der Waals surface area (Å²) in [5.41, 5.74) is 0. The molecule has 1 fully saturated rings. The molecule has 90 valence electrons. The van der Waals surface area contributed by atoms with Gasteiger partial charge in [0.1, 0.15) is 0 Å². The number of nitrogens with one attached hydrogen (secondary N) is 1. The van der Waals surface area contributed by atoms with Crippen LogP contribution >= 0.6 is 0 Å². The standard InChI is InChI=1S/C12H26N2O/c1-3-13-9-6-10-14(2)11-7-4-5-8-12(11)15/h11-13,15H,3-10H2,1-2H3. The summed E-state index contributed by atoms with van der Waals surface area (Å²) in [6.45, 7) is 5.36. The number of nitrogens with zero attached hydrogens (tertiary/aromatic N) is 1. The Morgan fingerprint density at radius 1 is 1.33 bits per heavy atom. The molecular formula is C12H26N2O. The zero-order valence-electron chi connectivity index (χ0n) is 10.2. The Labute approximate surface area is 93.9 Å². The molecule has 0 aromatic rings. The lowest BCUT2D eigenvalue weighted by molar-refractivity contribution is 0.0319. The van der Waals surface area contributed by atoms with Gasteiger partial charge in [0, 0.05) is 6.04 Å². The molecule has 2 N–H and O–H groups in total. The minimum atomic E-state index is -0.0946. The second-order valence-electron chi connectivity index (χ2n) is 4.61. The van der Waals surface area contributed by atoms with E-state index in [0.29, 0.717) is 6.04 Å². The largest absolute Gasteiger partial charge is 0.391 e. The molecule has 2 unspecified atom stereocenters. The van der Waals surface area contributed by atoms with Crippen LogP contribution in [0, 0.1) is 0 Å². The van der Waals surface area contributed by atoms with Crippen molar-refractivity contribution in [2.24, 2.45) is 0 Å². The Kier molecular flexibility index (Phi) is 6.22. The Morgan fingerprint density at radius 3 is 2.73 bits per heavy atom. The first kappa shape index (κ1) is 12.9. The molecule has 0 aromatic heterocycles. The van der Waals surface area contributed by atoms with Gasteiger partial charge in [-0.15, -0.1) is 0 Å². The molecule has 1 aliphatic carbocycles. The average molecular weight is 214 g/mol. The molecule has 15 heavy (non-hydrogen) atoms. The lowest BCUT2D eigenvalue weighted by atomic mass is 9.91. The normalized spacial score (nSPS) is 27.2. The molecule has 3 heteroatoms. The highest BCUT2D eigenvalue weighted by Gasteiger charge is 2.25. The van der Waals surface area contributed by atoms with E-state index in [1.165, 1.54) is 25.7 Å². The van der Waals surface area contributed by atoms with Crippen molar-refractivity contribution in [3.63, 3.8) is 0 Å². The molecule has 1 rings (SSSR count). The highest BCUT2D eigenvalue weighted by molar-refractivity contribution is 4.81. The molecule has 0 aliphatic heterocycles. The van der Waals surface area contributed by atoms with E-state index in [0.717, 1.165) is 26.1 Å². The third-order valence-corrected chi connectivity index (χ3v) is 3.37. The quantitative estimate of drug-likeness (QED) is 0.653. The number of aliphatic hydroxyl groups is 1. The van der Waals surface area contributed by atoms with Gasteiger partial charge in [-0.1, -0.05) is 19.8 Å². The van der Waals surface area contributed by atoms with Gasteiger partial charge in [-0.3, -0.25) is 0 Å². The maximum absolute atomic E-state index is 9.88. The summed E-state index contributed by atoms with van der Waals surface area (Å²) in [5, 5.41) is 13.2. The number of rotatable bonds is 6. The second kappa shape index (κ2) is 7.20. The van der Waals surface area contributed by atoms with Crippen LogP contribution in [0.4, 0.5) is 0 Å². The van der Waals surface area contributed by atoms with Crippen molar-refractivity contribution in [3.05, 3.63) is 0 Å². The van der Waals surface area contributed by atoms with E-state index in [1.807, 2.05) is 0 Å². The molecular weight excluding hydrogens is 188 g/mol. The van der Waals surface area contributed by atoms with Crippen LogP contribution in [0.15, 0.2) is 0 Å². The molecule has 1 saturated carbocycles. The van der Waals surface area contributed by atoms with Gasteiger partial charge >= 0.3 is 0 Å². The summed E-state index contributed by atoms with van der Waals surface area (Å²) >= 11 is 0. The maximum atomic E-state index is 9.88. The zero-order chi connectivity index (χ0) is 11.1. The SMILES string of the molecule is CCNCCCN(C)C1CCCCC1O. The van der Waals surface area contributed by atoms with Crippen LogP contribution in [0.5, 0.6) is 0 Å². The molecule has 2 atom stereocenters. The van der Waals surface area contributed by atoms with Crippen molar-refractivity contribution in [2.45, 2.75) is 51.2 Å². The van der Waals surface area contributed by atoms with E-state index in [-0.39, 0.29) is 6.10 Å². The smallest absolute Gasteiger partial charge is 0.0695 e. The molecule has 0 heterocycles. The van der Waals surface area contributed by atoms with Crippen LogP contribution in [0.2, 0.25) is 0 Å². The predicted octanol–water partition coefficient (Wildman–Crippen LogP) is 1.22. The van der Waals surface area contributed by atoms with Crippen molar-refractivity contribution in [2.75, 3.05) is 26.7 Å². The number of hydrogen-bond donors (Lipinski definition) is 2. The van der Waals surface area contributed by atoms with Gasteiger partial charge in [-0.05, 0) is 45.9 Å². The first-order valence-corrected chi connectivity index (χ1v) is 6.34.